The highest BCUT2D eigenvalue weighted by Gasteiger charge is 2.19. The normalized spacial score (nSPS) is 15.1. The summed E-state index contributed by atoms with van der Waals surface area (Å²) in [6.45, 7) is 4.10. The van der Waals surface area contributed by atoms with Crippen LogP contribution in [-0.4, -0.2) is 61.1 Å². The molecular weight excluding hydrogens is 342 g/mol. The van der Waals surface area contributed by atoms with E-state index in [0.29, 0.717) is 11.5 Å². The number of rotatable bonds is 6. The molecule has 1 amide bonds. The highest BCUT2D eigenvalue weighted by Crippen LogP contribution is 2.23. The number of nitrogens with zero attached hydrogens (tertiary/aromatic N) is 3. The van der Waals surface area contributed by atoms with Gasteiger partial charge in [0, 0.05) is 57.3 Å². The molecule has 27 heavy (non-hydrogen) atoms. The first kappa shape index (κ1) is 18.9. The zero-order valence-corrected chi connectivity index (χ0v) is 15.8. The summed E-state index contributed by atoms with van der Waals surface area (Å²) in [5.41, 5.74) is 2.12. The summed E-state index contributed by atoms with van der Waals surface area (Å²) < 4.78 is 10.5. The number of ether oxygens (including phenoxy) is 2. The van der Waals surface area contributed by atoms with Crippen LogP contribution < -0.4 is 9.47 Å². The van der Waals surface area contributed by atoms with Gasteiger partial charge in [0.1, 0.15) is 11.5 Å². The van der Waals surface area contributed by atoms with Crippen LogP contribution in [0.5, 0.6) is 11.5 Å². The second kappa shape index (κ2) is 9.19. The number of methoxy groups -OCH3 is 2. The van der Waals surface area contributed by atoms with E-state index in [0.717, 1.165) is 38.3 Å². The van der Waals surface area contributed by atoms with Crippen molar-refractivity contribution in [3.8, 4) is 11.5 Å². The van der Waals surface area contributed by atoms with Crippen molar-refractivity contribution in [2.45, 2.75) is 6.54 Å². The molecule has 2 heterocycles. The van der Waals surface area contributed by atoms with E-state index in [1.807, 2.05) is 41.6 Å². The molecule has 2 aromatic rings. The van der Waals surface area contributed by atoms with Crippen LogP contribution in [0.2, 0.25) is 0 Å². The Morgan fingerprint density at radius 2 is 1.67 bits per heavy atom. The van der Waals surface area contributed by atoms with Crippen molar-refractivity contribution in [2.75, 3.05) is 40.4 Å². The largest absolute Gasteiger partial charge is 0.497 e. The molecule has 0 atom stereocenters. The minimum Gasteiger partial charge on any atom is -0.497 e. The Bertz CT molecular complexity index is 762. The molecule has 6 heteroatoms. The Morgan fingerprint density at radius 1 is 1.04 bits per heavy atom. The number of hydrogen-bond donors (Lipinski definition) is 0. The number of hydrogen-bond acceptors (Lipinski definition) is 5. The lowest BCUT2D eigenvalue weighted by atomic mass is 10.1. The van der Waals surface area contributed by atoms with Gasteiger partial charge in [0.05, 0.1) is 14.2 Å². The molecule has 6 nitrogen and oxygen atoms in total. The molecule has 0 N–H and O–H groups in total. The van der Waals surface area contributed by atoms with Crippen LogP contribution in [0, 0.1) is 0 Å². The summed E-state index contributed by atoms with van der Waals surface area (Å²) in [6.07, 6.45) is 7.05. The fourth-order valence-electron chi connectivity index (χ4n) is 3.07. The fourth-order valence-corrected chi connectivity index (χ4v) is 3.07. The van der Waals surface area contributed by atoms with Crippen LogP contribution in [0.3, 0.4) is 0 Å². The van der Waals surface area contributed by atoms with Crippen molar-refractivity contribution >= 4 is 12.0 Å². The summed E-state index contributed by atoms with van der Waals surface area (Å²) in [5, 5.41) is 0. The van der Waals surface area contributed by atoms with Gasteiger partial charge in [-0.2, -0.15) is 0 Å². The van der Waals surface area contributed by atoms with Gasteiger partial charge in [-0.1, -0.05) is 0 Å². The van der Waals surface area contributed by atoms with Crippen LogP contribution in [0.4, 0.5) is 0 Å². The van der Waals surface area contributed by atoms with Crippen molar-refractivity contribution in [3.05, 3.63) is 59.9 Å². The maximum Gasteiger partial charge on any atom is 0.246 e. The van der Waals surface area contributed by atoms with Gasteiger partial charge in [0.15, 0.2) is 0 Å². The second-order valence-corrected chi connectivity index (χ2v) is 6.44. The molecule has 0 unspecified atom stereocenters. The third-order valence-corrected chi connectivity index (χ3v) is 4.63. The van der Waals surface area contributed by atoms with Crippen LogP contribution in [-0.2, 0) is 11.3 Å². The smallest absolute Gasteiger partial charge is 0.246 e. The van der Waals surface area contributed by atoms with Gasteiger partial charge in [0.25, 0.3) is 0 Å². The van der Waals surface area contributed by atoms with Crippen LogP contribution in [0.25, 0.3) is 6.08 Å². The lowest BCUT2D eigenvalue weighted by Crippen LogP contribution is -2.47. The van der Waals surface area contributed by atoms with Crippen LogP contribution in [0.15, 0.2) is 48.8 Å². The summed E-state index contributed by atoms with van der Waals surface area (Å²) in [5.74, 6) is 1.43. The summed E-state index contributed by atoms with van der Waals surface area (Å²) in [7, 11) is 3.22. The maximum atomic E-state index is 12.5. The van der Waals surface area contributed by atoms with Crippen molar-refractivity contribution in [1.29, 1.82) is 0 Å². The van der Waals surface area contributed by atoms with Crippen LogP contribution in [0.1, 0.15) is 11.1 Å². The lowest BCUT2D eigenvalue weighted by molar-refractivity contribution is -0.127. The van der Waals surface area contributed by atoms with Gasteiger partial charge >= 0.3 is 0 Å². The minimum atomic E-state index is 0.0281. The molecule has 1 saturated heterocycles. The van der Waals surface area contributed by atoms with E-state index in [4.69, 9.17) is 9.47 Å². The van der Waals surface area contributed by atoms with Gasteiger partial charge in [0.2, 0.25) is 5.91 Å². The molecule has 1 aliphatic heterocycles. The molecule has 1 aromatic heterocycles. The number of amides is 1. The number of aromatic nitrogens is 1. The van der Waals surface area contributed by atoms with E-state index in [1.54, 1.807) is 32.4 Å². The van der Waals surface area contributed by atoms with Crippen molar-refractivity contribution in [2.24, 2.45) is 0 Å². The van der Waals surface area contributed by atoms with E-state index in [2.05, 4.69) is 9.88 Å². The Hall–Kier alpha value is -2.86. The molecule has 0 radical (unpaired) electrons. The summed E-state index contributed by atoms with van der Waals surface area (Å²) >= 11 is 0. The molecule has 1 aliphatic rings. The molecule has 0 saturated carbocycles. The quantitative estimate of drug-likeness (QED) is 0.734. The molecular formula is C21H25N3O3. The number of carbonyl (C=O) groups is 1. The predicted octanol–water partition coefficient (Wildman–Crippen LogP) is 2.46. The molecule has 0 spiro atoms. The van der Waals surface area contributed by atoms with Crippen molar-refractivity contribution in [1.82, 2.24) is 14.8 Å². The van der Waals surface area contributed by atoms with Gasteiger partial charge in [-0.3, -0.25) is 14.7 Å². The minimum absolute atomic E-state index is 0.0281. The SMILES string of the molecule is COc1cc(/C=C/C(=O)N2CCN(Cc3ccncc3)CC2)cc(OC)c1. The topological polar surface area (TPSA) is 54.9 Å². The Balaban J connectivity index is 1.54. The zero-order chi connectivity index (χ0) is 19.1. The standard InChI is InChI=1S/C21H25N3O3/c1-26-19-13-18(14-20(15-19)27-2)3-4-21(25)24-11-9-23(10-12-24)16-17-5-7-22-8-6-17/h3-8,13-15H,9-12,16H2,1-2H3/b4-3+. The van der Waals surface area contributed by atoms with E-state index in [-0.39, 0.29) is 5.91 Å². The van der Waals surface area contributed by atoms with Gasteiger partial charge in [-0.25, -0.2) is 0 Å². The fraction of sp³-hybridized carbons (Fsp3) is 0.333. The molecule has 142 valence electrons. The van der Waals surface area contributed by atoms with Gasteiger partial charge in [-0.15, -0.1) is 0 Å². The molecule has 1 fully saturated rings. The average Bonchev–Trinajstić information content (AvgIpc) is 2.73. The third-order valence-electron chi connectivity index (χ3n) is 4.63. The third kappa shape index (κ3) is 5.31. The van der Waals surface area contributed by atoms with Crippen molar-refractivity contribution < 1.29 is 14.3 Å². The van der Waals surface area contributed by atoms with E-state index in [9.17, 15) is 4.79 Å². The average molecular weight is 367 g/mol. The number of pyridine rings is 1. The first-order chi connectivity index (χ1) is 13.2. The Kier molecular flexibility index (Phi) is 6.44. The lowest BCUT2D eigenvalue weighted by Gasteiger charge is -2.34. The zero-order valence-electron chi connectivity index (χ0n) is 15.8. The highest BCUT2D eigenvalue weighted by molar-refractivity contribution is 5.92. The number of benzene rings is 1. The van der Waals surface area contributed by atoms with Gasteiger partial charge in [-0.05, 0) is 41.5 Å². The van der Waals surface area contributed by atoms with Crippen molar-refractivity contribution in [3.63, 3.8) is 0 Å². The van der Waals surface area contributed by atoms with E-state index >= 15 is 0 Å². The summed E-state index contributed by atoms with van der Waals surface area (Å²) in [4.78, 5) is 20.8. The Morgan fingerprint density at radius 3 is 2.26 bits per heavy atom. The maximum absolute atomic E-state index is 12.5. The second-order valence-electron chi connectivity index (χ2n) is 6.44. The summed E-state index contributed by atoms with van der Waals surface area (Å²) in [6, 6.07) is 9.62. The monoisotopic (exact) mass is 367 g/mol. The van der Waals surface area contributed by atoms with Crippen LogP contribution >= 0.6 is 0 Å². The van der Waals surface area contributed by atoms with Gasteiger partial charge < -0.3 is 14.4 Å². The molecule has 1 aromatic carbocycles. The number of piperazine rings is 1. The van der Waals surface area contributed by atoms with E-state index < -0.39 is 0 Å². The molecule has 3 rings (SSSR count). The molecule has 0 aliphatic carbocycles. The highest BCUT2D eigenvalue weighted by atomic mass is 16.5. The number of carbonyl (C=O) groups excluding carboxylic acids is 1. The first-order valence-electron chi connectivity index (χ1n) is 8.99. The molecule has 0 bridgehead atoms. The Labute approximate surface area is 160 Å². The first-order valence-corrected chi connectivity index (χ1v) is 8.99. The predicted molar refractivity (Wildman–Crippen MR) is 105 cm³/mol. The van der Waals surface area contributed by atoms with E-state index in [1.165, 1.54) is 5.56 Å².